The first-order valence-corrected chi connectivity index (χ1v) is 3.90. The van der Waals surface area contributed by atoms with Crippen LogP contribution < -0.4 is 0 Å². The Bertz CT molecular complexity index is 235. The Balaban J connectivity index is 2.86. The summed E-state index contributed by atoms with van der Waals surface area (Å²) in [6.45, 7) is 1.99. The van der Waals surface area contributed by atoms with Gasteiger partial charge in [0.05, 0.1) is 6.10 Å². The molecule has 0 spiro atoms. The lowest BCUT2D eigenvalue weighted by atomic mass is 10.1. The van der Waals surface area contributed by atoms with Gasteiger partial charge in [0.15, 0.2) is 0 Å². The van der Waals surface area contributed by atoms with Crippen LogP contribution in [0.15, 0.2) is 24.3 Å². The van der Waals surface area contributed by atoms with Gasteiger partial charge in [-0.2, -0.15) is 0 Å². The lowest BCUT2D eigenvalue weighted by Crippen LogP contribution is -1.94. The molecule has 0 bridgehead atoms. The van der Waals surface area contributed by atoms with Gasteiger partial charge in [-0.3, -0.25) is 0 Å². The number of ether oxygens (including phenoxy) is 1. The molecule has 0 N–H and O–H groups in total. The fourth-order valence-corrected chi connectivity index (χ4v) is 1.09. The molecule has 0 radical (unpaired) electrons. The fraction of sp³-hybridized carbons (Fsp3) is 0.333. The van der Waals surface area contributed by atoms with Crippen molar-refractivity contribution in [3.63, 3.8) is 0 Å². The van der Waals surface area contributed by atoms with Crippen molar-refractivity contribution in [2.24, 2.45) is 0 Å². The standard InChI is InChI=1S/C9H11ClO/c1-7(11-2)8-4-3-5-9(10)6-8/h3-7H,1-2H3. The van der Waals surface area contributed by atoms with E-state index in [2.05, 4.69) is 0 Å². The van der Waals surface area contributed by atoms with E-state index in [9.17, 15) is 0 Å². The second-order valence-electron chi connectivity index (χ2n) is 2.43. The van der Waals surface area contributed by atoms with Gasteiger partial charge in [-0.05, 0) is 24.6 Å². The maximum Gasteiger partial charge on any atom is 0.0793 e. The third-order valence-corrected chi connectivity index (χ3v) is 1.91. The molecule has 60 valence electrons. The fourth-order valence-electron chi connectivity index (χ4n) is 0.896. The van der Waals surface area contributed by atoms with Crippen molar-refractivity contribution in [1.29, 1.82) is 0 Å². The second kappa shape index (κ2) is 3.74. The zero-order chi connectivity index (χ0) is 8.27. The molecule has 0 aliphatic carbocycles. The molecular weight excluding hydrogens is 160 g/mol. The zero-order valence-corrected chi connectivity index (χ0v) is 7.43. The first-order valence-electron chi connectivity index (χ1n) is 3.52. The van der Waals surface area contributed by atoms with Crippen LogP contribution in [0.5, 0.6) is 0 Å². The lowest BCUT2D eigenvalue weighted by Gasteiger charge is -2.08. The summed E-state index contributed by atoms with van der Waals surface area (Å²) in [5.41, 5.74) is 1.11. The summed E-state index contributed by atoms with van der Waals surface area (Å²) >= 11 is 5.79. The van der Waals surface area contributed by atoms with Crippen molar-refractivity contribution in [1.82, 2.24) is 0 Å². The monoisotopic (exact) mass is 170 g/mol. The molecule has 1 aromatic rings. The van der Waals surface area contributed by atoms with E-state index in [1.807, 2.05) is 31.2 Å². The average Bonchev–Trinajstić information content (AvgIpc) is 2.03. The predicted octanol–water partition coefficient (Wildman–Crippen LogP) is 3.05. The van der Waals surface area contributed by atoms with Crippen LogP contribution in [0.2, 0.25) is 5.02 Å². The van der Waals surface area contributed by atoms with Crippen LogP contribution in [-0.4, -0.2) is 7.11 Å². The summed E-state index contributed by atoms with van der Waals surface area (Å²) in [6, 6.07) is 7.69. The van der Waals surface area contributed by atoms with Gasteiger partial charge in [0.2, 0.25) is 0 Å². The molecule has 0 aromatic heterocycles. The number of hydrogen-bond acceptors (Lipinski definition) is 1. The minimum Gasteiger partial charge on any atom is -0.377 e. The molecule has 0 aliphatic heterocycles. The molecule has 0 saturated heterocycles. The van der Waals surface area contributed by atoms with Gasteiger partial charge in [-0.15, -0.1) is 0 Å². The number of benzene rings is 1. The van der Waals surface area contributed by atoms with Crippen molar-refractivity contribution in [3.05, 3.63) is 34.9 Å². The molecule has 0 fully saturated rings. The zero-order valence-electron chi connectivity index (χ0n) is 6.67. The van der Waals surface area contributed by atoms with Crippen LogP contribution in [0, 0.1) is 0 Å². The highest BCUT2D eigenvalue weighted by atomic mass is 35.5. The largest absolute Gasteiger partial charge is 0.377 e. The summed E-state index contributed by atoms with van der Waals surface area (Å²) in [7, 11) is 1.69. The van der Waals surface area contributed by atoms with E-state index < -0.39 is 0 Å². The number of rotatable bonds is 2. The highest BCUT2D eigenvalue weighted by Gasteiger charge is 2.02. The predicted molar refractivity (Wildman–Crippen MR) is 46.9 cm³/mol. The molecule has 0 aliphatic rings. The average molecular weight is 171 g/mol. The molecule has 1 nitrogen and oxygen atoms in total. The van der Waals surface area contributed by atoms with E-state index in [0.717, 1.165) is 10.6 Å². The van der Waals surface area contributed by atoms with E-state index in [1.165, 1.54) is 0 Å². The topological polar surface area (TPSA) is 9.23 Å². The van der Waals surface area contributed by atoms with Gasteiger partial charge in [0.25, 0.3) is 0 Å². The third-order valence-electron chi connectivity index (χ3n) is 1.67. The Morgan fingerprint density at radius 1 is 1.45 bits per heavy atom. The number of hydrogen-bond donors (Lipinski definition) is 0. The van der Waals surface area contributed by atoms with Crippen LogP contribution in [-0.2, 0) is 4.74 Å². The van der Waals surface area contributed by atoms with Gasteiger partial charge in [-0.1, -0.05) is 23.7 Å². The molecule has 0 saturated carbocycles. The van der Waals surface area contributed by atoms with Crippen LogP contribution in [0.4, 0.5) is 0 Å². The number of halogens is 1. The molecule has 2 heteroatoms. The van der Waals surface area contributed by atoms with Crippen LogP contribution >= 0.6 is 11.6 Å². The maximum atomic E-state index is 5.79. The van der Waals surface area contributed by atoms with E-state index in [1.54, 1.807) is 7.11 Å². The Morgan fingerprint density at radius 2 is 2.18 bits per heavy atom. The Kier molecular flexibility index (Phi) is 2.92. The third kappa shape index (κ3) is 2.21. The molecule has 1 aromatic carbocycles. The molecular formula is C9H11ClO. The Hall–Kier alpha value is -0.530. The van der Waals surface area contributed by atoms with Crippen LogP contribution in [0.3, 0.4) is 0 Å². The smallest absolute Gasteiger partial charge is 0.0793 e. The molecule has 1 atom stereocenters. The summed E-state index contributed by atoms with van der Waals surface area (Å²) < 4.78 is 5.13. The second-order valence-corrected chi connectivity index (χ2v) is 2.87. The first kappa shape index (κ1) is 8.57. The normalized spacial score (nSPS) is 13.0. The maximum absolute atomic E-state index is 5.79. The van der Waals surface area contributed by atoms with Crippen molar-refractivity contribution < 1.29 is 4.74 Å². The van der Waals surface area contributed by atoms with Crippen molar-refractivity contribution in [2.75, 3.05) is 7.11 Å². The summed E-state index contributed by atoms with van der Waals surface area (Å²) in [5, 5.41) is 0.756. The number of methoxy groups -OCH3 is 1. The van der Waals surface area contributed by atoms with Crippen LogP contribution in [0.25, 0.3) is 0 Å². The van der Waals surface area contributed by atoms with Gasteiger partial charge >= 0.3 is 0 Å². The molecule has 1 unspecified atom stereocenters. The van der Waals surface area contributed by atoms with Crippen molar-refractivity contribution in [2.45, 2.75) is 13.0 Å². The van der Waals surface area contributed by atoms with Crippen molar-refractivity contribution in [3.8, 4) is 0 Å². The lowest BCUT2D eigenvalue weighted by molar-refractivity contribution is 0.119. The molecule has 11 heavy (non-hydrogen) atoms. The van der Waals surface area contributed by atoms with E-state index in [4.69, 9.17) is 16.3 Å². The first-order chi connectivity index (χ1) is 5.24. The molecule has 0 amide bonds. The van der Waals surface area contributed by atoms with Gasteiger partial charge in [0, 0.05) is 12.1 Å². The Morgan fingerprint density at radius 3 is 2.73 bits per heavy atom. The van der Waals surface area contributed by atoms with E-state index >= 15 is 0 Å². The van der Waals surface area contributed by atoms with E-state index in [0.29, 0.717) is 0 Å². The van der Waals surface area contributed by atoms with Gasteiger partial charge in [0.1, 0.15) is 0 Å². The highest BCUT2D eigenvalue weighted by Crippen LogP contribution is 2.18. The Labute approximate surface area is 71.9 Å². The molecule has 0 heterocycles. The van der Waals surface area contributed by atoms with E-state index in [-0.39, 0.29) is 6.10 Å². The SMILES string of the molecule is COC(C)c1cccc(Cl)c1. The highest BCUT2D eigenvalue weighted by molar-refractivity contribution is 6.30. The quantitative estimate of drug-likeness (QED) is 0.663. The van der Waals surface area contributed by atoms with Gasteiger partial charge < -0.3 is 4.74 Å². The summed E-state index contributed by atoms with van der Waals surface area (Å²) in [4.78, 5) is 0. The van der Waals surface area contributed by atoms with Gasteiger partial charge in [-0.25, -0.2) is 0 Å². The van der Waals surface area contributed by atoms with Crippen molar-refractivity contribution >= 4 is 11.6 Å². The minimum absolute atomic E-state index is 0.119. The molecule has 1 rings (SSSR count). The summed E-state index contributed by atoms with van der Waals surface area (Å²) in [6.07, 6.45) is 0.119. The minimum atomic E-state index is 0.119. The summed E-state index contributed by atoms with van der Waals surface area (Å²) in [5.74, 6) is 0. The van der Waals surface area contributed by atoms with Crippen LogP contribution in [0.1, 0.15) is 18.6 Å².